The zero-order chi connectivity index (χ0) is 10.7. The van der Waals surface area contributed by atoms with Crippen LogP contribution in [0.4, 0.5) is 0 Å². The normalized spacial score (nSPS) is 10.5. The molecule has 2 heteroatoms. The minimum Gasteiger partial charge on any atom is -0.238 e. The molecule has 0 aliphatic rings. The number of para-hydroxylation sites is 1. The van der Waals surface area contributed by atoms with Crippen LogP contribution in [0.25, 0.3) is 5.69 Å². The number of rotatable bonds is 3. The molecule has 0 amide bonds. The van der Waals surface area contributed by atoms with Crippen molar-refractivity contribution in [1.82, 2.24) is 9.78 Å². The quantitative estimate of drug-likeness (QED) is 0.744. The molecule has 0 fully saturated rings. The molecule has 0 radical (unpaired) electrons. The van der Waals surface area contributed by atoms with E-state index in [4.69, 9.17) is 0 Å². The van der Waals surface area contributed by atoms with Gasteiger partial charge in [0.1, 0.15) is 0 Å². The first-order chi connectivity index (χ1) is 7.33. The Kier molecular flexibility index (Phi) is 2.86. The van der Waals surface area contributed by atoms with Gasteiger partial charge in [0.2, 0.25) is 0 Å². The number of benzene rings is 1. The Morgan fingerprint density at radius 2 is 2.00 bits per heavy atom. The van der Waals surface area contributed by atoms with Crippen LogP contribution in [0.3, 0.4) is 0 Å². The van der Waals surface area contributed by atoms with Gasteiger partial charge in [-0.2, -0.15) is 5.10 Å². The number of aromatic nitrogens is 2. The van der Waals surface area contributed by atoms with Gasteiger partial charge in [-0.3, -0.25) is 0 Å². The summed E-state index contributed by atoms with van der Waals surface area (Å²) in [6.45, 7) is 4.31. The third-order valence-electron chi connectivity index (χ3n) is 2.57. The van der Waals surface area contributed by atoms with Gasteiger partial charge in [-0.05, 0) is 31.0 Å². The molecule has 1 aromatic carbocycles. The van der Waals surface area contributed by atoms with E-state index in [9.17, 15) is 0 Å². The minimum absolute atomic E-state index is 1.08. The number of nitrogens with zero attached hydrogens (tertiary/aromatic N) is 2. The third kappa shape index (κ3) is 1.94. The van der Waals surface area contributed by atoms with Crippen LogP contribution in [0.5, 0.6) is 0 Å². The Bertz CT molecular complexity index is 443. The van der Waals surface area contributed by atoms with Crippen LogP contribution in [0.1, 0.15) is 24.6 Å². The van der Waals surface area contributed by atoms with E-state index < -0.39 is 0 Å². The van der Waals surface area contributed by atoms with Gasteiger partial charge >= 0.3 is 0 Å². The molecule has 2 nitrogen and oxygen atoms in total. The maximum atomic E-state index is 4.38. The molecule has 1 aromatic heterocycles. The van der Waals surface area contributed by atoms with Crippen molar-refractivity contribution < 1.29 is 0 Å². The Hall–Kier alpha value is -1.57. The number of hydrogen-bond donors (Lipinski definition) is 0. The van der Waals surface area contributed by atoms with Crippen molar-refractivity contribution in [2.75, 3.05) is 0 Å². The number of aryl methyl sites for hydroxylation is 2. The van der Waals surface area contributed by atoms with E-state index in [1.165, 1.54) is 16.9 Å². The maximum Gasteiger partial charge on any atom is 0.0677 e. The van der Waals surface area contributed by atoms with Crippen molar-refractivity contribution in [2.45, 2.75) is 26.7 Å². The summed E-state index contributed by atoms with van der Waals surface area (Å²) in [5.74, 6) is 0. The zero-order valence-corrected chi connectivity index (χ0v) is 9.27. The molecule has 0 bridgehead atoms. The van der Waals surface area contributed by atoms with Crippen LogP contribution < -0.4 is 0 Å². The highest BCUT2D eigenvalue weighted by Gasteiger charge is 2.05. The van der Waals surface area contributed by atoms with Crippen LogP contribution in [0, 0.1) is 6.92 Å². The second-order valence-corrected chi connectivity index (χ2v) is 3.77. The first kappa shape index (κ1) is 9.97. The Morgan fingerprint density at radius 3 is 2.73 bits per heavy atom. The molecule has 0 aliphatic heterocycles. The second-order valence-electron chi connectivity index (χ2n) is 3.77. The van der Waals surface area contributed by atoms with Gasteiger partial charge in [0.25, 0.3) is 0 Å². The lowest BCUT2D eigenvalue weighted by atomic mass is 10.2. The lowest BCUT2D eigenvalue weighted by Gasteiger charge is -2.09. The highest BCUT2D eigenvalue weighted by Crippen LogP contribution is 2.15. The van der Waals surface area contributed by atoms with E-state index in [2.05, 4.69) is 49.3 Å². The first-order valence-electron chi connectivity index (χ1n) is 5.42. The lowest BCUT2D eigenvalue weighted by molar-refractivity contribution is 0.771. The molecule has 0 aliphatic carbocycles. The van der Waals surface area contributed by atoms with Crippen molar-refractivity contribution in [1.29, 1.82) is 0 Å². The lowest BCUT2D eigenvalue weighted by Crippen LogP contribution is -2.03. The molecule has 0 unspecified atom stereocenters. The van der Waals surface area contributed by atoms with Crippen LogP contribution in [-0.4, -0.2) is 9.78 Å². The molecule has 0 atom stereocenters. The zero-order valence-electron chi connectivity index (χ0n) is 9.27. The first-order valence-corrected chi connectivity index (χ1v) is 5.42. The standard InChI is InChI=1S/C13H16N2/c1-3-6-12-9-10-14-15(12)13-8-5-4-7-11(13)2/h4-5,7-10H,3,6H2,1-2H3. The summed E-state index contributed by atoms with van der Waals surface area (Å²) >= 11 is 0. The molecule has 0 saturated carbocycles. The highest BCUT2D eigenvalue weighted by molar-refractivity contribution is 5.40. The van der Waals surface area contributed by atoms with Gasteiger partial charge in [-0.25, -0.2) is 4.68 Å². The monoisotopic (exact) mass is 200 g/mol. The van der Waals surface area contributed by atoms with Gasteiger partial charge in [0.15, 0.2) is 0 Å². The Labute approximate surface area is 90.6 Å². The Morgan fingerprint density at radius 1 is 1.20 bits per heavy atom. The summed E-state index contributed by atoms with van der Waals surface area (Å²) in [6, 6.07) is 10.4. The van der Waals surface area contributed by atoms with Crippen molar-refractivity contribution in [3.8, 4) is 5.69 Å². The van der Waals surface area contributed by atoms with Gasteiger partial charge in [-0.15, -0.1) is 0 Å². The summed E-state index contributed by atoms with van der Waals surface area (Å²) in [7, 11) is 0. The predicted molar refractivity (Wildman–Crippen MR) is 62.3 cm³/mol. The topological polar surface area (TPSA) is 17.8 Å². The third-order valence-corrected chi connectivity index (χ3v) is 2.57. The van der Waals surface area contributed by atoms with Gasteiger partial charge < -0.3 is 0 Å². The summed E-state index contributed by atoms with van der Waals surface area (Å²) in [6.07, 6.45) is 4.10. The number of hydrogen-bond acceptors (Lipinski definition) is 1. The van der Waals surface area contributed by atoms with Crippen molar-refractivity contribution in [3.63, 3.8) is 0 Å². The molecule has 2 rings (SSSR count). The van der Waals surface area contributed by atoms with Gasteiger partial charge in [0, 0.05) is 11.9 Å². The summed E-state index contributed by atoms with van der Waals surface area (Å²) in [5, 5.41) is 4.38. The van der Waals surface area contributed by atoms with Crippen molar-refractivity contribution >= 4 is 0 Å². The average Bonchev–Trinajstić information content (AvgIpc) is 2.67. The van der Waals surface area contributed by atoms with E-state index >= 15 is 0 Å². The highest BCUT2D eigenvalue weighted by atomic mass is 15.3. The largest absolute Gasteiger partial charge is 0.238 e. The molecule has 0 spiro atoms. The molecule has 15 heavy (non-hydrogen) atoms. The summed E-state index contributed by atoms with van der Waals surface area (Å²) in [4.78, 5) is 0. The second kappa shape index (κ2) is 4.30. The van der Waals surface area contributed by atoms with Crippen LogP contribution >= 0.6 is 0 Å². The molecule has 78 valence electrons. The van der Waals surface area contributed by atoms with Crippen LogP contribution in [-0.2, 0) is 6.42 Å². The van der Waals surface area contributed by atoms with Crippen molar-refractivity contribution in [3.05, 3.63) is 47.8 Å². The fourth-order valence-electron chi connectivity index (χ4n) is 1.79. The van der Waals surface area contributed by atoms with E-state index in [1.807, 2.05) is 10.9 Å². The maximum absolute atomic E-state index is 4.38. The minimum atomic E-state index is 1.08. The van der Waals surface area contributed by atoms with Gasteiger partial charge in [-0.1, -0.05) is 31.5 Å². The fraction of sp³-hybridized carbons (Fsp3) is 0.308. The molecule has 1 heterocycles. The average molecular weight is 200 g/mol. The predicted octanol–water partition coefficient (Wildman–Crippen LogP) is 3.13. The molecular weight excluding hydrogens is 184 g/mol. The van der Waals surface area contributed by atoms with E-state index in [1.54, 1.807) is 0 Å². The van der Waals surface area contributed by atoms with E-state index in [0.717, 1.165) is 12.8 Å². The molecular formula is C13H16N2. The molecule has 2 aromatic rings. The summed E-state index contributed by atoms with van der Waals surface area (Å²) < 4.78 is 2.04. The van der Waals surface area contributed by atoms with Gasteiger partial charge in [0.05, 0.1) is 5.69 Å². The van der Waals surface area contributed by atoms with E-state index in [0.29, 0.717) is 0 Å². The molecule has 0 saturated heterocycles. The smallest absolute Gasteiger partial charge is 0.0677 e. The Balaban J connectivity index is 2.45. The molecule has 0 N–H and O–H groups in total. The van der Waals surface area contributed by atoms with Crippen molar-refractivity contribution in [2.24, 2.45) is 0 Å². The van der Waals surface area contributed by atoms with E-state index in [-0.39, 0.29) is 0 Å². The van der Waals surface area contributed by atoms with Crippen LogP contribution in [0.2, 0.25) is 0 Å². The van der Waals surface area contributed by atoms with Crippen LogP contribution in [0.15, 0.2) is 36.5 Å². The SMILES string of the molecule is CCCc1ccnn1-c1ccccc1C. The summed E-state index contributed by atoms with van der Waals surface area (Å²) in [5.41, 5.74) is 3.73. The fourth-order valence-corrected chi connectivity index (χ4v) is 1.79.